The van der Waals surface area contributed by atoms with E-state index >= 15 is 0 Å². The Hall–Kier alpha value is -0.0400. The Labute approximate surface area is 135 Å². The Kier molecular flexibility index (Phi) is 10.6. The van der Waals surface area contributed by atoms with Crippen LogP contribution in [0.25, 0.3) is 0 Å². The first-order valence-corrected chi connectivity index (χ1v) is 9.51. The van der Waals surface area contributed by atoms with Crippen LogP contribution in [0.15, 0.2) is 0 Å². The molecule has 1 heteroatoms. The van der Waals surface area contributed by atoms with Crippen LogP contribution in [0, 0.1) is 35.5 Å². The number of rotatable bonds is 11. The monoisotopic (exact) mass is 297 g/mol. The average molecular weight is 298 g/mol. The normalized spacial score (nSPS) is 19.6. The fraction of sp³-hybridized carbons (Fsp3) is 1.00. The first-order chi connectivity index (χ1) is 9.76. The summed E-state index contributed by atoms with van der Waals surface area (Å²) in [6, 6.07) is 0.348. The summed E-state index contributed by atoms with van der Waals surface area (Å²) in [7, 11) is 0. The minimum atomic E-state index is 0.348. The van der Waals surface area contributed by atoms with Crippen LogP contribution < -0.4 is 5.73 Å². The van der Waals surface area contributed by atoms with Gasteiger partial charge in [-0.1, -0.05) is 81.1 Å². The minimum absolute atomic E-state index is 0.348. The Morgan fingerprint density at radius 3 is 1.81 bits per heavy atom. The lowest BCUT2D eigenvalue weighted by molar-refractivity contribution is 0.146. The van der Waals surface area contributed by atoms with Gasteiger partial charge in [-0.25, -0.2) is 0 Å². The van der Waals surface area contributed by atoms with Crippen LogP contribution in [0.2, 0.25) is 0 Å². The van der Waals surface area contributed by atoms with E-state index in [2.05, 4.69) is 55.4 Å². The lowest BCUT2D eigenvalue weighted by Crippen LogP contribution is -2.36. The molecule has 1 nitrogen and oxygen atoms in total. The third-order valence-electron chi connectivity index (χ3n) is 5.78. The number of hydrogen-bond acceptors (Lipinski definition) is 1. The molecule has 0 amide bonds. The molecule has 0 radical (unpaired) electrons. The molecule has 0 saturated carbocycles. The molecule has 0 spiro atoms. The van der Waals surface area contributed by atoms with Gasteiger partial charge in [0.15, 0.2) is 0 Å². The lowest BCUT2D eigenvalue weighted by Gasteiger charge is -2.36. The average Bonchev–Trinajstić information content (AvgIpc) is 2.42. The van der Waals surface area contributed by atoms with Gasteiger partial charge in [-0.3, -0.25) is 0 Å². The van der Waals surface area contributed by atoms with Crippen molar-refractivity contribution in [3.05, 3.63) is 0 Å². The Balaban J connectivity index is 4.84. The molecule has 2 N–H and O–H groups in total. The van der Waals surface area contributed by atoms with E-state index < -0.39 is 0 Å². The summed E-state index contributed by atoms with van der Waals surface area (Å²) in [5.74, 6) is 4.55. The maximum atomic E-state index is 6.41. The standard InChI is InChI=1S/C20H43N/c1-9-11-12-18(13-16(7)20(21)15(5)6)17(8)19(10-2)14(3)4/h14-20H,9-13,21H2,1-8H3/t16-,17?,18?,19?,20-/m1/s1. The van der Waals surface area contributed by atoms with Crippen molar-refractivity contribution < 1.29 is 0 Å². The predicted molar refractivity (Wildman–Crippen MR) is 97.4 cm³/mol. The molecule has 21 heavy (non-hydrogen) atoms. The summed E-state index contributed by atoms with van der Waals surface area (Å²) in [6.45, 7) is 18.8. The first kappa shape index (κ1) is 21.0. The summed E-state index contributed by atoms with van der Waals surface area (Å²) in [5.41, 5.74) is 6.41. The smallest absolute Gasteiger partial charge is 0.00878 e. The van der Waals surface area contributed by atoms with E-state index in [9.17, 15) is 0 Å². The van der Waals surface area contributed by atoms with E-state index in [4.69, 9.17) is 5.73 Å². The van der Waals surface area contributed by atoms with Gasteiger partial charge in [-0.15, -0.1) is 0 Å². The fourth-order valence-electron chi connectivity index (χ4n) is 4.15. The SMILES string of the molecule is CCCCC(C[C@@H](C)[C@H](N)C(C)C)C(C)C(CC)C(C)C. The molecule has 3 unspecified atom stereocenters. The number of nitrogens with two attached hydrogens (primary N) is 1. The van der Waals surface area contributed by atoms with Gasteiger partial charge < -0.3 is 5.73 Å². The van der Waals surface area contributed by atoms with E-state index in [-0.39, 0.29) is 0 Å². The van der Waals surface area contributed by atoms with Crippen LogP contribution in [-0.4, -0.2) is 6.04 Å². The van der Waals surface area contributed by atoms with E-state index in [1.54, 1.807) is 0 Å². The van der Waals surface area contributed by atoms with Gasteiger partial charge in [0.05, 0.1) is 0 Å². The molecule has 5 atom stereocenters. The van der Waals surface area contributed by atoms with Crippen LogP contribution in [0.5, 0.6) is 0 Å². The molecule has 0 heterocycles. The zero-order valence-corrected chi connectivity index (χ0v) is 16.2. The van der Waals surface area contributed by atoms with Crippen LogP contribution >= 0.6 is 0 Å². The summed E-state index contributed by atoms with van der Waals surface area (Å²) < 4.78 is 0. The molecule has 0 aliphatic rings. The number of unbranched alkanes of at least 4 members (excludes halogenated alkanes) is 1. The molecular formula is C20H43N. The zero-order chi connectivity index (χ0) is 16.6. The van der Waals surface area contributed by atoms with Crippen molar-refractivity contribution in [3.8, 4) is 0 Å². The molecule has 0 aromatic rings. The Morgan fingerprint density at radius 1 is 0.857 bits per heavy atom. The summed E-state index contributed by atoms with van der Waals surface area (Å²) in [5, 5.41) is 0. The van der Waals surface area contributed by atoms with Crippen molar-refractivity contribution in [2.75, 3.05) is 0 Å². The van der Waals surface area contributed by atoms with Crippen molar-refractivity contribution in [3.63, 3.8) is 0 Å². The highest BCUT2D eigenvalue weighted by atomic mass is 14.7. The third-order valence-corrected chi connectivity index (χ3v) is 5.78. The molecule has 0 fully saturated rings. The molecule has 0 aliphatic heterocycles. The molecule has 0 saturated heterocycles. The maximum absolute atomic E-state index is 6.41. The van der Waals surface area contributed by atoms with Crippen LogP contribution in [0.1, 0.15) is 87.5 Å². The van der Waals surface area contributed by atoms with Crippen molar-refractivity contribution in [1.82, 2.24) is 0 Å². The molecular weight excluding hydrogens is 254 g/mol. The van der Waals surface area contributed by atoms with Gasteiger partial charge in [-0.05, 0) is 41.9 Å². The second kappa shape index (κ2) is 10.6. The third kappa shape index (κ3) is 7.17. The van der Waals surface area contributed by atoms with Gasteiger partial charge in [-0.2, -0.15) is 0 Å². The molecule has 0 aromatic carbocycles. The predicted octanol–water partition coefficient (Wildman–Crippen LogP) is 6.12. The highest BCUT2D eigenvalue weighted by Gasteiger charge is 2.29. The second-order valence-electron chi connectivity index (χ2n) is 8.11. The molecule has 0 aromatic heterocycles. The van der Waals surface area contributed by atoms with E-state index in [0.717, 1.165) is 23.7 Å². The van der Waals surface area contributed by atoms with Gasteiger partial charge in [0.1, 0.15) is 0 Å². The zero-order valence-electron chi connectivity index (χ0n) is 16.2. The Bertz CT molecular complexity index is 246. The maximum Gasteiger partial charge on any atom is 0.00878 e. The topological polar surface area (TPSA) is 26.0 Å². The van der Waals surface area contributed by atoms with Gasteiger partial charge in [0.2, 0.25) is 0 Å². The quantitative estimate of drug-likeness (QED) is 0.488. The van der Waals surface area contributed by atoms with Crippen molar-refractivity contribution >= 4 is 0 Å². The van der Waals surface area contributed by atoms with Gasteiger partial charge >= 0.3 is 0 Å². The Morgan fingerprint density at radius 2 is 1.43 bits per heavy atom. The van der Waals surface area contributed by atoms with Crippen molar-refractivity contribution in [1.29, 1.82) is 0 Å². The number of hydrogen-bond donors (Lipinski definition) is 1. The van der Waals surface area contributed by atoms with Crippen LogP contribution in [-0.2, 0) is 0 Å². The van der Waals surface area contributed by atoms with E-state index in [1.165, 1.54) is 32.1 Å². The molecule has 0 aliphatic carbocycles. The van der Waals surface area contributed by atoms with Gasteiger partial charge in [0.25, 0.3) is 0 Å². The molecule has 0 bridgehead atoms. The van der Waals surface area contributed by atoms with E-state index in [1.807, 2.05) is 0 Å². The molecule has 0 rings (SSSR count). The largest absolute Gasteiger partial charge is 0.327 e. The van der Waals surface area contributed by atoms with Crippen LogP contribution in [0.3, 0.4) is 0 Å². The fourth-order valence-corrected chi connectivity index (χ4v) is 4.15. The minimum Gasteiger partial charge on any atom is -0.327 e. The van der Waals surface area contributed by atoms with Crippen molar-refractivity contribution in [2.24, 2.45) is 41.2 Å². The highest BCUT2D eigenvalue weighted by molar-refractivity contribution is 4.81. The second-order valence-corrected chi connectivity index (χ2v) is 8.11. The van der Waals surface area contributed by atoms with Crippen molar-refractivity contribution in [2.45, 2.75) is 93.5 Å². The summed E-state index contributed by atoms with van der Waals surface area (Å²) >= 11 is 0. The van der Waals surface area contributed by atoms with Gasteiger partial charge in [0, 0.05) is 6.04 Å². The molecule has 128 valence electrons. The van der Waals surface area contributed by atoms with Crippen LogP contribution in [0.4, 0.5) is 0 Å². The summed E-state index contributed by atoms with van der Waals surface area (Å²) in [6.07, 6.45) is 6.69. The lowest BCUT2D eigenvalue weighted by atomic mass is 9.70. The van der Waals surface area contributed by atoms with E-state index in [0.29, 0.717) is 17.9 Å². The highest BCUT2D eigenvalue weighted by Crippen LogP contribution is 2.36. The first-order valence-electron chi connectivity index (χ1n) is 9.51. The summed E-state index contributed by atoms with van der Waals surface area (Å²) in [4.78, 5) is 0.